The van der Waals surface area contributed by atoms with Gasteiger partial charge in [-0.2, -0.15) is 0 Å². The molecule has 0 saturated carbocycles. The Balaban J connectivity index is 1.67. The fraction of sp³-hybridized carbons (Fsp3) is 0.375. The monoisotopic (exact) mass is 410 g/mol. The molecule has 6 nitrogen and oxygen atoms in total. The molecule has 1 aromatic carbocycles. The molecule has 0 spiro atoms. The van der Waals surface area contributed by atoms with E-state index in [9.17, 15) is 4.79 Å². The molecule has 0 fully saturated rings. The van der Waals surface area contributed by atoms with Gasteiger partial charge in [0.25, 0.3) is 0 Å². The van der Waals surface area contributed by atoms with Crippen molar-refractivity contribution in [1.29, 1.82) is 0 Å². The van der Waals surface area contributed by atoms with Crippen LogP contribution in [0.4, 0.5) is 0 Å². The SMILES string of the molecule is COc1ccc(CCn2c(C)cc(C(=O)CN(C)Cc3ccco3)c2C)cc1OC. The Kier molecular flexibility index (Phi) is 7.00. The number of aryl methyl sites for hydroxylation is 2. The quantitative estimate of drug-likeness (QED) is 0.467. The van der Waals surface area contributed by atoms with E-state index < -0.39 is 0 Å². The summed E-state index contributed by atoms with van der Waals surface area (Å²) in [6, 6.07) is 11.7. The molecular formula is C24H30N2O4. The highest BCUT2D eigenvalue weighted by atomic mass is 16.5. The Morgan fingerprint density at radius 2 is 1.87 bits per heavy atom. The summed E-state index contributed by atoms with van der Waals surface area (Å²) in [7, 11) is 5.20. The van der Waals surface area contributed by atoms with E-state index in [2.05, 4.69) is 4.57 Å². The Hall–Kier alpha value is -2.99. The van der Waals surface area contributed by atoms with E-state index in [1.807, 2.05) is 62.2 Å². The van der Waals surface area contributed by atoms with E-state index >= 15 is 0 Å². The number of hydrogen-bond acceptors (Lipinski definition) is 5. The molecule has 0 bridgehead atoms. The molecule has 0 aliphatic rings. The highest BCUT2D eigenvalue weighted by Crippen LogP contribution is 2.28. The van der Waals surface area contributed by atoms with Crippen LogP contribution >= 0.6 is 0 Å². The van der Waals surface area contributed by atoms with Crippen molar-refractivity contribution in [2.45, 2.75) is 33.4 Å². The number of hydrogen-bond donors (Lipinski definition) is 0. The lowest BCUT2D eigenvalue weighted by Crippen LogP contribution is -2.25. The molecule has 160 valence electrons. The second-order valence-electron chi connectivity index (χ2n) is 7.55. The molecule has 0 radical (unpaired) electrons. The zero-order valence-corrected chi connectivity index (χ0v) is 18.4. The van der Waals surface area contributed by atoms with Crippen LogP contribution in [0, 0.1) is 13.8 Å². The average Bonchev–Trinajstić information content (AvgIpc) is 3.33. The Labute approximate surface area is 178 Å². The third kappa shape index (κ3) is 4.94. The van der Waals surface area contributed by atoms with Crippen LogP contribution < -0.4 is 9.47 Å². The van der Waals surface area contributed by atoms with Crippen molar-refractivity contribution >= 4 is 5.78 Å². The van der Waals surface area contributed by atoms with Gasteiger partial charge in [-0.1, -0.05) is 6.07 Å². The number of nitrogens with zero attached hydrogens (tertiary/aromatic N) is 2. The van der Waals surface area contributed by atoms with Crippen molar-refractivity contribution in [2.75, 3.05) is 27.8 Å². The zero-order chi connectivity index (χ0) is 21.7. The van der Waals surface area contributed by atoms with Crippen LogP contribution in [-0.2, 0) is 19.5 Å². The number of carbonyl (C=O) groups excluding carboxylic acids is 1. The number of Topliss-reactive ketones (excluding diaryl/α,β-unsaturated/α-hetero) is 1. The summed E-state index contributed by atoms with van der Waals surface area (Å²) in [5.74, 6) is 2.42. The van der Waals surface area contributed by atoms with Gasteiger partial charge in [-0.15, -0.1) is 0 Å². The summed E-state index contributed by atoms with van der Waals surface area (Å²) in [5, 5.41) is 0. The predicted octanol–water partition coefficient (Wildman–Crippen LogP) is 4.27. The maximum absolute atomic E-state index is 12.9. The summed E-state index contributed by atoms with van der Waals surface area (Å²) >= 11 is 0. The summed E-state index contributed by atoms with van der Waals surface area (Å²) in [4.78, 5) is 14.9. The maximum atomic E-state index is 12.9. The van der Waals surface area contributed by atoms with Crippen molar-refractivity contribution in [1.82, 2.24) is 9.47 Å². The van der Waals surface area contributed by atoms with Gasteiger partial charge >= 0.3 is 0 Å². The zero-order valence-electron chi connectivity index (χ0n) is 18.4. The molecule has 2 aromatic heterocycles. The first-order valence-electron chi connectivity index (χ1n) is 10.0. The predicted molar refractivity (Wildman–Crippen MR) is 117 cm³/mol. The van der Waals surface area contributed by atoms with Gasteiger partial charge in [0.2, 0.25) is 0 Å². The number of rotatable bonds is 10. The van der Waals surface area contributed by atoms with Crippen LogP contribution in [-0.4, -0.2) is 43.1 Å². The summed E-state index contributed by atoms with van der Waals surface area (Å²) < 4.78 is 18.3. The van der Waals surface area contributed by atoms with Crippen LogP contribution in [0.3, 0.4) is 0 Å². The summed E-state index contributed by atoms with van der Waals surface area (Å²) in [5.41, 5.74) is 4.03. The second kappa shape index (κ2) is 9.67. The van der Waals surface area contributed by atoms with Crippen LogP contribution in [0.25, 0.3) is 0 Å². The molecule has 0 N–H and O–H groups in total. The van der Waals surface area contributed by atoms with Gasteiger partial charge in [-0.05, 0) is 63.2 Å². The van der Waals surface area contributed by atoms with Gasteiger partial charge in [0.15, 0.2) is 17.3 Å². The van der Waals surface area contributed by atoms with Crippen LogP contribution in [0.2, 0.25) is 0 Å². The topological polar surface area (TPSA) is 56.8 Å². The highest BCUT2D eigenvalue weighted by molar-refractivity contribution is 5.99. The van der Waals surface area contributed by atoms with Crippen molar-refractivity contribution in [2.24, 2.45) is 0 Å². The molecule has 0 aliphatic heterocycles. The van der Waals surface area contributed by atoms with Gasteiger partial charge in [-0.3, -0.25) is 9.69 Å². The number of aromatic nitrogens is 1. The first-order chi connectivity index (χ1) is 14.4. The lowest BCUT2D eigenvalue weighted by atomic mass is 10.1. The smallest absolute Gasteiger partial charge is 0.178 e. The summed E-state index contributed by atoms with van der Waals surface area (Å²) in [6.45, 7) is 5.81. The van der Waals surface area contributed by atoms with Gasteiger partial charge in [-0.25, -0.2) is 0 Å². The third-order valence-electron chi connectivity index (χ3n) is 5.37. The Bertz CT molecular complexity index is 989. The van der Waals surface area contributed by atoms with Crippen LogP contribution in [0.15, 0.2) is 47.1 Å². The van der Waals surface area contributed by atoms with Crippen molar-refractivity contribution in [3.63, 3.8) is 0 Å². The molecule has 0 atom stereocenters. The summed E-state index contributed by atoms with van der Waals surface area (Å²) in [6.07, 6.45) is 2.49. The molecule has 2 heterocycles. The lowest BCUT2D eigenvalue weighted by molar-refractivity contribution is 0.0939. The minimum absolute atomic E-state index is 0.120. The number of likely N-dealkylation sites (N-methyl/N-ethyl adjacent to an activating group) is 1. The van der Waals surface area contributed by atoms with E-state index in [1.54, 1.807) is 20.5 Å². The van der Waals surface area contributed by atoms with Gasteiger partial charge in [0.1, 0.15) is 5.76 Å². The molecular weight excluding hydrogens is 380 g/mol. The standard InChI is InChI=1S/C24H30N2O4/c1-17-13-21(22(27)16-25(3)15-20-7-6-12-30-20)18(2)26(17)11-10-19-8-9-23(28-4)24(14-19)29-5/h6-9,12-14H,10-11,15-16H2,1-5H3. The number of methoxy groups -OCH3 is 2. The Morgan fingerprint density at radius 3 is 2.53 bits per heavy atom. The van der Waals surface area contributed by atoms with Crippen LogP contribution in [0.1, 0.15) is 33.1 Å². The van der Waals surface area contributed by atoms with Crippen molar-refractivity contribution < 1.29 is 18.7 Å². The highest BCUT2D eigenvalue weighted by Gasteiger charge is 2.18. The second-order valence-corrected chi connectivity index (χ2v) is 7.55. The number of furan rings is 1. The minimum Gasteiger partial charge on any atom is -0.493 e. The normalized spacial score (nSPS) is 11.1. The minimum atomic E-state index is 0.120. The van der Waals surface area contributed by atoms with Crippen molar-refractivity contribution in [3.05, 3.63) is 70.9 Å². The van der Waals surface area contributed by atoms with E-state index in [0.717, 1.165) is 52.7 Å². The molecule has 0 aliphatic carbocycles. The molecule has 6 heteroatoms. The number of ketones is 1. The van der Waals surface area contributed by atoms with Gasteiger partial charge in [0, 0.05) is 23.5 Å². The van der Waals surface area contributed by atoms with Crippen LogP contribution in [0.5, 0.6) is 11.5 Å². The van der Waals surface area contributed by atoms with E-state index in [1.165, 1.54) is 0 Å². The first-order valence-corrected chi connectivity index (χ1v) is 10.0. The number of ether oxygens (including phenoxy) is 2. The maximum Gasteiger partial charge on any atom is 0.178 e. The van der Waals surface area contributed by atoms with E-state index in [0.29, 0.717) is 13.1 Å². The van der Waals surface area contributed by atoms with Gasteiger partial charge in [0.05, 0.1) is 33.6 Å². The fourth-order valence-corrected chi connectivity index (χ4v) is 3.76. The van der Waals surface area contributed by atoms with E-state index in [-0.39, 0.29) is 5.78 Å². The molecule has 0 saturated heterocycles. The van der Waals surface area contributed by atoms with E-state index in [4.69, 9.17) is 13.9 Å². The third-order valence-corrected chi connectivity index (χ3v) is 5.37. The molecule has 3 aromatic rings. The molecule has 0 unspecified atom stereocenters. The number of benzene rings is 1. The Morgan fingerprint density at radius 1 is 1.10 bits per heavy atom. The van der Waals surface area contributed by atoms with Gasteiger partial charge < -0.3 is 18.5 Å². The molecule has 30 heavy (non-hydrogen) atoms. The lowest BCUT2D eigenvalue weighted by Gasteiger charge is -2.14. The van der Waals surface area contributed by atoms with Crippen molar-refractivity contribution in [3.8, 4) is 11.5 Å². The fourth-order valence-electron chi connectivity index (χ4n) is 3.76. The first kappa shape index (κ1) is 21.7. The molecule has 3 rings (SSSR count). The average molecular weight is 411 g/mol. The molecule has 0 amide bonds. The number of carbonyl (C=O) groups is 1. The largest absolute Gasteiger partial charge is 0.493 e.